The summed E-state index contributed by atoms with van der Waals surface area (Å²) in [4.78, 5) is 23.0. The Kier molecular flexibility index (Phi) is 5.41. The third-order valence-corrected chi connectivity index (χ3v) is 5.31. The van der Waals surface area contributed by atoms with Crippen LogP contribution >= 0.6 is 11.6 Å². The summed E-state index contributed by atoms with van der Waals surface area (Å²) >= 11 is 6.44. The standard InChI is InChI=1S/C19H25ClN6O/c1-10-6-13-18(20)24-11(2)25-19(13)26(16(10)9-27)17-14(22-4)7-12(21-3)8-15(17)23-5/h7-10,16,21-23H,6H2,1-5H3. The molecule has 0 aliphatic carbocycles. The fourth-order valence-electron chi connectivity index (χ4n) is 3.63. The number of hydrogen-bond acceptors (Lipinski definition) is 7. The molecule has 1 aromatic carbocycles. The van der Waals surface area contributed by atoms with E-state index >= 15 is 0 Å². The van der Waals surface area contributed by atoms with Crippen molar-refractivity contribution in [1.29, 1.82) is 0 Å². The lowest BCUT2D eigenvalue weighted by molar-refractivity contribution is -0.109. The number of carbonyl (C=O) groups is 1. The van der Waals surface area contributed by atoms with Gasteiger partial charge in [-0.3, -0.25) is 0 Å². The summed E-state index contributed by atoms with van der Waals surface area (Å²) in [6.45, 7) is 3.85. The van der Waals surface area contributed by atoms with Gasteiger partial charge in [-0.05, 0) is 31.4 Å². The Morgan fingerprint density at radius 3 is 2.30 bits per heavy atom. The molecule has 1 aliphatic rings. The van der Waals surface area contributed by atoms with Crippen molar-refractivity contribution in [3.8, 4) is 0 Å². The highest BCUT2D eigenvalue weighted by atomic mass is 35.5. The number of halogens is 1. The number of rotatable bonds is 5. The number of carbonyl (C=O) groups excluding carboxylic acids is 1. The first-order chi connectivity index (χ1) is 12.9. The largest absolute Gasteiger partial charge is 0.388 e. The molecule has 1 aromatic heterocycles. The molecule has 27 heavy (non-hydrogen) atoms. The fraction of sp³-hybridized carbons (Fsp3) is 0.421. The van der Waals surface area contributed by atoms with Crippen LogP contribution in [0.2, 0.25) is 5.15 Å². The zero-order valence-electron chi connectivity index (χ0n) is 16.2. The summed E-state index contributed by atoms with van der Waals surface area (Å²) in [5.41, 5.74) is 4.45. The van der Waals surface area contributed by atoms with Crippen LogP contribution in [0.25, 0.3) is 0 Å². The number of fused-ring (bicyclic) bond motifs is 1. The van der Waals surface area contributed by atoms with Crippen LogP contribution in [0.1, 0.15) is 18.3 Å². The molecule has 1 aliphatic heterocycles. The van der Waals surface area contributed by atoms with Crippen molar-refractivity contribution in [2.45, 2.75) is 26.3 Å². The van der Waals surface area contributed by atoms with E-state index in [1.165, 1.54) is 0 Å². The van der Waals surface area contributed by atoms with E-state index in [2.05, 4.69) is 25.9 Å². The van der Waals surface area contributed by atoms with Crippen molar-refractivity contribution >= 4 is 46.5 Å². The molecule has 3 rings (SSSR count). The van der Waals surface area contributed by atoms with Gasteiger partial charge < -0.3 is 25.6 Å². The van der Waals surface area contributed by atoms with Crippen LogP contribution in [0.5, 0.6) is 0 Å². The van der Waals surface area contributed by atoms with Gasteiger partial charge in [-0.15, -0.1) is 0 Å². The lowest BCUT2D eigenvalue weighted by Crippen LogP contribution is -2.44. The van der Waals surface area contributed by atoms with Crippen LogP contribution in [0.4, 0.5) is 28.6 Å². The minimum Gasteiger partial charge on any atom is -0.388 e. The Bertz CT molecular complexity index is 847. The van der Waals surface area contributed by atoms with Crippen molar-refractivity contribution < 1.29 is 4.79 Å². The summed E-state index contributed by atoms with van der Waals surface area (Å²) in [6, 6.07) is 3.65. The average molecular weight is 389 g/mol. The van der Waals surface area contributed by atoms with Crippen LogP contribution < -0.4 is 20.9 Å². The minimum absolute atomic E-state index is 0.0668. The van der Waals surface area contributed by atoms with Gasteiger partial charge in [-0.1, -0.05) is 18.5 Å². The Labute approximate surface area is 164 Å². The van der Waals surface area contributed by atoms with Crippen molar-refractivity contribution in [3.63, 3.8) is 0 Å². The molecule has 0 saturated carbocycles. The molecule has 7 nitrogen and oxygen atoms in total. The number of nitrogens with zero attached hydrogens (tertiary/aromatic N) is 3. The van der Waals surface area contributed by atoms with E-state index in [0.29, 0.717) is 23.2 Å². The number of aldehydes is 1. The van der Waals surface area contributed by atoms with E-state index in [1.807, 2.05) is 45.1 Å². The van der Waals surface area contributed by atoms with Gasteiger partial charge in [0.2, 0.25) is 0 Å². The first-order valence-corrected chi connectivity index (χ1v) is 9.31. The molecule has 0 saturated heterocycles. The van der Waals surface area contributed by atoms with Gasteiger partial charge in [0.15, 0.2) is 0 Å². The summed E-state index contributed by atoms with van der Waals surface area (Å²) < 4.78 is 0. The monoisotopic (exact) mass is 388 g/mol. The number of aromatic nitrogens is 2. The molecule has 2 atom stereocenters. The summed E-state index contributed by atoms with van der Waals surface area (Å²) in [7, 11) is 5.59. The zero-order valence-corrected chi connectivity index (χ0v) is 17.0. The second kappa shape index (κ2) is 7.60. The number of anilines is 5. The molecule has 0 amide bonds. The lowest BCUT2D eigenvalue weighted by atomic mass is 9.89. The highest BCUT2D eigenvalue weighted by Crippen LogP contribution is 2.46. The maximum Gasteiger partial charge on any atom is 0.143 e. The molecule has 2 unspecified atom stereocenters. The van der Waals surface area contributed by atoms with E-state index < -0.39 is 0 Å². The van der Waals surface area contributed by atoms with Gasteiger partial charge in [-0.2, -0.15) is 0 Å². The molecule has 3 N–H and O–H groups in total. The Balaban J connectivity index is 2.34. The Morgan fingerprint density at radius 1 is 1.15 bits per heavy atom. The SMILES string of the molecule is CNc1cc(NC)c(N2c3nc(C)nc(Cl)c3CC(C)C2C=O)c(NC)c1. The predicted molar refractivity (Wildman–Crippen MR) is 112 cm³/mol. The fourth-order valence-corrected chi connectivity index (χ4v) is 3.91. The van der Waals surface area contributed by atoms with Gasteiger partial charge in [0, 0.05) is 32.4 Å². The van der Waals surface area contributed by atoms with Gasteiger partial charge >= 0.3 is 0 Å². The molecular formula is C19H25ClN6O. The van der Waals surface area contributed by atoms with Crippen LogP contribution in [0.3, 0.4) is 0 Å². The molecule has 2 heterocycles. The predicted octanol–water partition coefficient (Wildman–Crippen LogP) is 3.46. The molecular weight excluding hydrogens is 364 g/mol. The van der Waals surface area contributed by atoms with Crippen LogP contribution in [0, 0.1) is 12.8 Å². The van der Waals surface area contributed by atoms with Crippen LogP contribution in [-0.4, -0.2) is 43.4 Å². The minimum atomic E-state index is -0.359. The van der Waals surface area contributed by atoms with Crippen molar-refractivity contribution in [1.82, 2.24) is 9.97 Å². The molecule has 144 valence electrons. The topological polar surface area (TPSA) is 82.2 Å². The second-order valence-corrected chi connectivity index (χ2v) is 7.07. The molecule has 0 radical (unpaired) electrons. The Hall–Kier alpha value is -2.54. The van der Waals surface area contributed by atoms with E-state index in [9.17, 15) is 4.79 Å². The zero-order chi connectivity index (χ0) is 19.7. The lowest BCUT2D eigenvalue weighted by Gasteiger charge is -2.40. The van der Waals surface area contributed by atoms with E-state index in [4.69, 9.17) is 11.6 Å². The van der Waals surface area contributed by atoms with E-state index in [-0.39, 0.29) is 12.0 Å². The molecule has 2 aromatic rings. The first-order valence-electron chi connectivity index (χ1n) is 8.94. The van der Waals surface area contributed by atoms with Gasteiger partial charge in [-0.25, -0.2) is 9.97 Å². The smallest absolute Gasteiger partial charge is 0.143 e. The van der Waals surface area contributed by atoms with Gasteiger partial charge in [0.25, 0.3) is 0 Å². The van der Waals surface area contributed by atoms with E-state index in [0.717, 1.165) is 34.6 Å². The highest BCUT2D eigenvalue weighted by molar-refractivity contribution is 6.30. The normalized spacial score (nSPS) is 18.7. The molecule has 0 fully saturated rings. The number of nitrogens with one attached hydrogen (secondary N) is 3. The first kappa shape index (κ1) is 19.2. The molecule has 0 bridgehead atoms. The van der Waals surface area contributed by atoms with Crippen LogP contribution in [-0.2, 0) is 11.2 Å². The molecule has 0 spiro atoms. The van der Waals surface area contributed by atoms with E-state index in [1.54, 1.807) is 6.92 Å². The number of benzene rings is 1. The number of aryl methyl sites for hydroxylation is 1. The summed E-state index contributed by atoms with van der Waals surface area (Å²) in [5, 5.41) is 10.1. The van der Waals surface area contributed by atoms with Crippen molar-refractivity contribution in [2.75, 3.05) is 42.0 Å². The van der Waals surface area contributed by atoms with Crippen molar-refractivity contribution in [2.24, 2.45) is 5.92 Å². The third-order valence-electron chi connectivity index (χ3n) is 5.00. The van der Waals surface area contributed by atoms with Gasteiger partial charge in [0.05, 0.1) is 23.1 Å². The average Bonchev–Trinajstić information content (AvgIpc) is 2.66. The van der Waals surface area contributed by atoms with Crippen LogP contribution in [0.15, 0.2) is 12.1 Å². The maximum absolute atomic E-state index is 12.1. The summed E-state index contributed by atoms with van der Waals surface area (Å²) in [5.74, 6) is 1.33. The van der Waals surface area contributed by atoms with Gasteiger partial charge in [0.1, 0.15) is 23.1 Å². The second-order valence-electron chi connectivity index (χ2n) is 6.71. The van der Waals surface area contributed by atoms with Crippen molar-refractivity contribution in [3.05, 3.63) is 28.7 Å². The highest BCUT2D eigenvalue weighted by Gasteiger charge is 2.37. The quantitative estimate of drug-likeness (QED) is 0.534. The number of hydrogen-bond donors (Lipinski definition) is 3. The summed E-state index contributed by atoms with van der Waals surface area (Å²) in [6.07, 6.45) is 1.65. The third kappa shape index (κ3) is 3.27. The molecule has 8 heteroatoms. The maximum atomic E-state index is 12.1. The Morgan fingerprint density at radius 2 is 1.78 bits per heavy atom.